The molecule has 5 heteroatoms. The van der Waals surface area contributed by atoms with Crippen LogP contribution in [0.1, 0.15) is 39.3 Å². The zero-order valence-corrected chi connectivity index (χ0v) is 15.0. The molecule has 0 aliphatic heterocycles. The van der Waals surface area contributed by atoms with E-state index < -0.39 is 0 Å². The fourth-order valence-corrected chi connectivity index (χ4v) is 3.39. The van der Waals surface area contributed by atoms with E-state index in [1.807, 2.05) is 29.1 Å². The average molecular weight is 331 g/mol. The van der Waals surface area contributed by atoms with Gasteiger partial charge in [-0.1, -0.05) is 44.2 Å². The van der Waals surface area contributed by atoms with Gasteiger partial charge in [-0.3, -0.25) is 9.48 Å². The van der Waals surface area contributed by atoms with E-state index in [2.05, 4.69) is 50.2 Å². The summed E-state index contributed by atoms with van der Waals surface area (Å²) in [5, 5.41) is 7.17. The van der Waals surface area contributed by atoms with Crippen LogP contribution in [-0.4, -0.2) is 20.9 Å². The van der Waals surface area contributed by atoms with Gasteiger partial charge in [0.05, 0.1) is 17.1 Å². The van der Waals surface area contributed by atoms with E-state index in [1.165, 1.54) is 5.56 Å². The van der Waals surface area contributed by atoms with Crippen molar-refractivity contribution in [2.45, 2.75) is 44.7 Å². The molecule has 1 aromatic heterocycles. The molecule has 2 aromatic rings. The highest BCUT2D eigenvalue weighted by molar-refractivity contribution is 7.99. The van der Waals surface area contributed by atoms with Crippen molar-refractivity contribution in [2.24, 2.45) is 5.92 Å². The number of aromatic nitrogens is 2. The summed E-state index contributed by atoms with van der Waals surface area (Å²) in [6.45, 7) is 8.29. The Kier molecular flexibility index (Phi) is 6.28. The zero-order valence-electron chi connectivity index (χ0n) is 14.2. The molecule has 0 fully saturated rings. The van der Waals surface area contributed by atoms with Gasteiger partial charge in [0.1, 0.15) is 0 Å². The monoisotopic (exact) mass is 331 g/mol. The highest BCUT2D eigenvalue weighted by Crippen LogP contribution is 2.25. The summed E-state index contributed by atoms with van der Waals surface area (Å²) < 4.78 is 1.84. The van der Waals surface area contributed by atoms with Gasteiger partial charge in [0.15, 0.2) is 0 Å². The fourth-order valence-electron chi connectivity index (χ4n) is 2.23. The van der Waals surface area contributed by atoms with Crippen LogP contribution in [0.25, 0.3) is 0 Å². The molecule has 1 N–H and O–H groups in total. The van der Waals surface area contributed by atoms with Crippen molar-refractivity contribution in [1.82, 2.24) is 9.78 Å². The Morgan fingerprint density at radius 3 is 2.48 bits per heavy atom. The number of rotatable bonds is 7. The molecule has 0 saturated heterocycles. The molecular weight excluding hydrogens is 306 g/mol. The van der Waals surface area contributed by atoms with Gasteiger partial charge in [-0.2, -0.15) is 5.10 Å². The summed E-state index contributed by atoms with van der Waals surface area (Å²) in [6, 6.07) is 10.5. The first-order chi connectivity index (χ1) is 11.0. The number of hydrogen-bond donors (Lipinski definition) is 1. The minimum Gasteiger partial charge on any atom is -0.322 e. The van der Waals surface area contributed by atoms with Gasteiger partial charge >= 0.3 is 0 Å². The van der Waals surface area contributed by atoms with Gasteiger partial charge in [-0.05, 0) is 25.3 Å². The molecule has 1 unspecified atom stereocenters. The third kappa shape index (κ3) is 5.13. The number of nitrogens with zero attached hydrogens (tertiary/aromatic N) is 2. The lowest BCUT2D eigenvalue weighted by Gasteiger charge is -2.19. The smallest absolute Gasteiger partial charge is 0.237 e. The fraction of sp³-hybridized carbons (Fsp3) is 0.444. The predicted octanol–water partition coefficient (Wildman–Crippen LogP) is 4.36. The molecule has 1 aromatic carbocycles. The summed E-state index contributed by atoms with van der Waals surface area (Å²) >= 11 is 1.68. The second kappa shape index (κ2) is 8.20. The van der Waals surface area contributed by atoms with Gasteiger partial charge in [0.2, 0.25) is 5.91 Å². The number of hydrogen-bond acceptors (Lipinski definition) is 3. The van der Waals surface area contributed by atoms with Crippen molar-refractivity contribution in [2.75, 3.05) is 5.32 Å². The lowest BCUT2D eigenvalue weighted by Crippen LogP contribution is -2.29. The summed E-state index contributed by atoms with van der Waals surface area (Å²) in [5.41, 5.74) is 2.00. The Labute approximate surface area is 142 Å². The van der Waals surface area contributed by atoms with Crippen molar-refractivity contribution in [3.05, 3.63) is 48.3 Å². The third-order valence-electron chi connectivity index (χ3n) is 3.53. The number of benzene rings is 1. The lowest BCUT2D eigenvalue weighted by molar-refractivity contribution is -0.116. The summed E-state index contributed by atoms with van der Waals surface area (Å²) in [7, 11) is 0. The van der Waals surface area contributed by atoms with E-state index in [1.54, 1.807) is 18.0 Å². The molecule has 4 nitrogen and oxygen atoms in total. The summed E-state index contributed by atoms with van der Waals surface area (Å²) in [4.78, 5) is 12.6. The molecule has 23 heavy (non-hydrogen) atoms. The van der Waals surface area contributed by atoms with Crippen molar-refractivity contribution < 1.29 is 4.79 Å². The first-order valence-corrected chi connectivity index (χ1v) is 9.02. The molecule has 0 aliphatic carbocycles. The molecule has 0 spiro atoms. The first kappa shape index (κ1) is 17.6. The Morgan fingerprint density at radius 2 is 1.91 bits per heavy atom. The summed E-state index contributed by atoms with van der Waals surface area (Å²) in [6.07, 6.45) is 3.58. The van der Waals surface area contributed by atoms with Crippen LogP contribution in [-0.2, 0) is 10.5 Å². The maximum Gasteiger partial charge on any atom is 0.237 e. The van der Waals surface area contributed by atoms with Crippen molar-refractivity contribution >= 4 is 23.4 Å². The normalized spacial score (nSPS) is 12.6. The third-order valence-corrected chi connectivity index (χ3v) is 5.15. The molecule has 0 radical (unpaired) electrons. The average Bonchev–Trinajstić information content (AvgIpc) is 2.97. The highest BCUT2D eigenvalue weighted by Gasteiger charge is 2.23. The predicted molar refractivity (Wildman–Crippen MR) is 97.6 cm³/mol. The Hall–Kier alpha value is -1.75. The van der Waals surface area contributed by atoms with E-state index in [-0.39, 0.29) is 23.1 Å². The first-order valence-electron chi connectivity index (χ1n) is 7.98. The van der Waals surface area contributed by atoms with E-state index in [0.717, 1.165) is 11.4 Å². The van der Waals surface area contributed by atoms with Gasteiger partial charge in [0.25, 0.3) is 0 Å². The molecule has 1 heterocycles. The Balaban J connectivity index is 1.97. The maximum atomic E-state index is 12.6. The molecule has 0 saturated carbocycles. The Morgan fingerprint density at radius 1 is 1.22 bits per heavy atom. The maximum absolute atomic E-state index is 12.6. The Bertz CT molecular complexity index is 622. The van der Waals surface area contributed by atoms with E-state index in [9.17, 15) is 4.79 Å². The van der Waals surface area contributed by atoms with Crippen LogP contribution in [0.2, 0.25) is 0 Å². The van der Waals surface area contributed by atoms with Gasteiger partial charge in [-0.25, -0.2) is 0 Å². The highest BCUT2D eigenvalue weighted by atomic mass is 32.2. The van der Waals surface area contributed by atoms with E-state index in [0.29, 0.717) is 0 Å². The number of thioether (sulfide) groups is 1. The van der Waals surface area contributed by atoms with Gasteiger partial charge in [-0.15, -0.1) is 11.8 Å². The van der Waals surface area contributed by atoms with E-state index >= 15 is 0 Å². The molecule has 2 rings (SSSR count). The lowest BCUT2D eigenvalue weighted by atomic mass is 10.1. The number of carbonyl (C=O) groups excluding carboxylic acids is 1. The zero-order chi connectivity index (χ0) is 16.8. The second-order valence-corrected chi connectivity index (χ2v) is 7.38. The second-order valence-electron chi connectivity index (χ2n) is 6.25. The van der Waals surface area contributed by atoms with Crippen molar-refractivity contribution in [3.8, 4) is 0 Å². The molecule has 0 bridgehead atoms. The quantitative estimate of drug-likeness (QED) is 0.820. The molecule has 0 aliphatic rings. The summed E-state index contributed by atoms with van der Waals surface area (Å²) in [5.74, 6) is 1.15. The van der Waals surface area contributed by atoms with Gasteiger partial charge < -0.3 is 5.32 Å². The van der Waals surface area contributed by atoms with Crippen LogP contribution in [0.3, 0.4) is 0 Å². The van der Waals surface area contributed by atoms with Crippen LogP contribution in [0.5, 0.6) is 0 Å². The molecule has 1 atom stereocenters. The van der Waals surface area contributed by atoms with Crippen LogP contribution in [0, 0.1) is 5.92 Å². The number of anilines is 1. The number of carbonyl (C=O) groups is 1. The standard InChI is InChI=1S/C18H25N3OS/c1-13(2)17(23-12-15-8-6-5-7-9-15)18(22)20-16-10-19-21(11-16)14(3)4/h5-11,13-14,17H,12H2,1-4H3,(H,20,22). The van der Waals surface area contributed by atoms with Crippen LogP contribution >= 0.6 is 11.8 Å². The van der Waals surface area contributed by atoms with Crippen molar-refractivity contribution in [3.63, 3.8) is 0 Å². The van der Waals surface area contributed by atoms with Crippen LogP contribution < -0.4 is 5.32 Å². The van der Waals surface area contributed by atoms with Gasteiger partial charge in [0, 0.05) is 18.0 Å². The number of nitrogens with one attached hydrogen (secondary N) is 1. The molecular formula is C18H25N3OS. The largest absolute Gasteiger partial charge is 0.322 e. The topological polar surface area (TPSA) is 46.9 Å². The molecule has 124 valence electrons. The van der Waals surface area contributed by atoms with Crippen molar-refractivity contribution in [1.29, 1.82) is 0 Å². The SMILES string of the molecule is CC(C)C(SCc1ccccc1)C(=O)Nc1cnn(C(C)C)c1. The van der Waals surface area contributed by atoms with Crippen LogP contribution in [0.4, 0.5) is 5.69 Å². The minimum absolute atomic E-state index is 0.0456. The molecule has 1 amide bonds. The van der Waals surface area contributed by atoms with Crippen LogP contribution in [0.15, 0.2) is 42.7 Å². The number of amides is 1. The minimum atomic E-state index is -0.0855. The van der Waals surface area contributed by atoms with E-state index in [4.69, 9.17) is 0 Å².